The van der Waals surface area contributed by atoms with Crippen LogP contribution in [-0.2, 0) is 4.79 Å². The first kappa shape index (κ1) is 24.8. The van der Waals surface area contributed by atoms with Gasteiger partial charge in [-0.3, -0.25) is 10.2 Å². The molecule has 1 N–H and O–H groups in total. The predicted molar refractivity (Wildman–Crippen MR) is 140 cm³/mol. The van der Waals surface area contributed by atoms with Gasteiger partial charge in [-0.15, -0.1) is 0 Å². The summed E-state index contributed by atoms with van der Waals surface area (Å²) in [6, 6.07) is 11.1. The molecule has 182 valence electrons. The van der Waals surface area contributed by atoms with Crippen LogP contribution < -0.4 is 14.2 Å². The maximum atomic E-state index is 12.7. The van der Waals surface area contributed by atoms with Crippen molar-refractivity contribution in [3.05, 3.63) is 58.1 Å². The van der Waals surface area contributed by atoms with E-state index in [-0.39, 0.29) is 23.9 Å². The molecule has 8 nitrogen and oxygen atoms in total. The second-order valence-electron chi connectivity index (χ2n) is 8.16. The zero-order valence-electron chi connectivity index (χ0n) is 19.8. The van der Waals surface area contributed by atoms with Crippen LogP contribution in [0.1, 0.15) is 25.0 Å². The number of hydrazone groups is 1. The number of amidine groups is 2. The van der Waals surface area contributed by atoms with E-state index in [1.54, 1.807) is 18.2 Å². The lowest BCUT2D eigenvalue weighted by Gasteiger charge is -2.20. The molecule has 4 rings (SSSR count). The van der Waals surface area contributed by atoms with E-state index in [0.29, 0.717) is 33.9 Å². The Morgan fingerprint density at radius 2 is 1.89 bits per heavy atom. The number of rotatable bonds is 8. The number of amides is 1. The van der Waals surface area contributed by atoms with Crippen LogP contribution in [0, 0.1) is 18.3 Å². The van der Waals surface area contributed by atoms with Gasteiger partial charge >= 0.3 is 0 Å². The molecule has 0 saturated carbocycles. The predicted octanol–water partition coefficient (Wildman–Crippen LogP) is 5.39. The van der Waals surface area contributed by atoms with Crippen LogP contribution in [0.2, 0.25) is 5.02 Å². The quantitative estimate of drug-likeness (QED) is 0.376. The summed E-state index contributed by atoms with van der Waals surface area (Å²) < 4.78 is 17.0. The monoisotopic (exact) mass is 512 g/mol. The van der Waals surface area contributed by atoms with Crippen molar-refractivity contribution < 1.29 is 19.0 Å². The molecule has 0 aromatic heterocycles. The van der Waals surface area contributed by atoms with E-state index in [9.17, 15) is 4.79 Å². The number of aliphatic imine (C=N–C) groups is 1. The van der Waals surface area contributed by atoms with Gasteiger partial charge in [0.05, 0.1) is 17.7 Å². The normalized spacial score (nSPS) is 16.4. The highest BCUT2D eigenvalue weighted by atomic mass is 35.5. The molecular weight excluding hydrogens is 488 g/mol. The number of nitrogens with one attached hydrogen (secondary N) is 1. The molecule has 0 unspecified atom stereocenters. The van der Waals surface area contributed by atoms with E-state index in [1.165, 1.54) is 23.9 Å². The Balaban J connectivity index is 1.49. The minimum atomic E-state index is -0.502. The van der Waals surface area contributed by atoms with Crippen molar-refractivity contribution in [3.8, 4) is 17.2 Å². The van der Waals surface area contributed by atoms with Gasteiger partial charge < -0.3 is 14.2 Å². The largest absolute Gasteiger partial charge is 0.493 e. The Bertz CT molecular complexity index is 1250. The topological polar surface area (TPSA) is 96.6 Å². The first-order valence-corrected chi connectivity index (χ1v) is 12.2. The molecular formula is C25H25ClN4O4S. The van der Waals surface area contributed by atoms with Crippen LogP contribution in [-0.4, -0.2) is 47.3 Å². The lowest BCUT2D eigenvalue weighted by Crippen LogP contribution is -2.35. The number of nitrogens with zero attached hydrogens (tertiary/aromatic N) is 3. The fourth-order valence-electron chi connectivity index (χ4n) is 3.31. The van der Waals surface area contributed by atoms with Gasteiger partial charge in [0.15, 0.2) is 17.3 Å². The van der Waals surface area contributed by atoms with Gasteiger partial charge in [0, 0.05) is 5.92 Å². The maximum Gasteiger partial charge on any atom is 0.283 e. The number of benzene rings is 2. The molecule has 2 aromatic rings. The zero-order valence-corrected chi connectivity index (χ0v) is 21.4. The fraction of sp³-hybridized carbons (Fsp3) is 0.280. The van der Waals surface area contributed by atoms with Crippen molar-refractivity contribution in [2.24, 2.45) is 16.0 Å². The third-order valence-electron chi connectivity index (χ3n) is 5.15. The molecule has 35 heavy (non-hydrogen) atoms. The standard InChI is InChI=1S/C25H25ClN4O4S/c1-14(2)24-29-30-22(27)18(23(31)28-25(30)35-24)11-16-12-19(26)21(20(13-16)32-4)34-10-9-33-17-7-5-15(3)6-8-17/h5-8,11-14,27H,9-10H2,1-4H3. The lowest BCUT2D eigenvalue weighted by atomic mass is 10.1. The number of aryl methyl sites for hydroxylation is 1. The second-order valence-corrected chi connectivity index (χ2v) is 9.55. The van der Waals surface area contributed by atoms with Crippen molar-refractivity contribution in [3.63, 3.8) is 0 Å². The van der Waals surface area contributed by atoms with Gasteiger partial charge in [0.2, 0.25) is 5.17 Å². The molecule has 0 bridgehead atoms. The van der Waals surface area contributed by atoms with E-state index in [2.05, 4.69) is 10.1 Å². The first-order chi connectivity index (χ1) is 16.8. The van der Waals surface area contributed by atoms with Crippen LogP contribution in [0.25, 0.3) is 6.08 Å². The number of halogens is 1. The summed E-state index contributed by atoms with van der Waals surface area (Å²) in [5, 5.41) is 15.8. The molecule has 2 aliphatic heterocycles. The number of thioether (sulfide) groups is 1. The Kier molecular flexibility index (Phi) is 7.47. The van der Waals surface area contributed by atoms with Crippen molar-refractivity contribution in [1.82, 2.24) is 5.01 Å². The fourth-order valence-corrected chi connectivity index (χ4v) is 4.47. The van der Waals surface area contributed by atoms with Crippen LogP contribution >= 0.6 is 23.4 Å². The number of hydrogen-bond donors (Lipinski definition) is 1. The summed E-state index contributed by atoms with van der Waals surface area (Å²) in [6.07, 6.45) is 1.55. The van der Waals surface area contributed by atoms with E-state index < -0.39 is 5.91 Å². The van der Waals surface area contributed by atoms with Crippen LogP contribution in [0.15, 0.2) is 52.1 Å². The lowest BCUT2D eigenvalue weighted by molar-refractivity contribution is -0.114. The Morgan fingerprint density at radius 1 is 1.17 bits per heavy atom. The number of methoxy groups -OCH3 is 1. The molecule has 2 aromatic carbocycles. The number of ether oxygens (including phenoxy) is 3. The molecule has 0 fully saturated rings. The number of carbonyl (C=O) groups excluding carboxylic acids is 1. The maximum absolute atomic E-state index is 12.7. The van der Waals surface area contributed by atoms with E-state index in [1.807, 2.05) is 45.0 Å². The summed E-state index contributed by atoms with van der Waals surface area (Å²) >= 11 is 7.79. The average molecular weight is 513 g/mol. The van der Waals surface area contributed by atoms with E-state index >= 15 is 0 Å². The summed E-state index contributed by atoms with van der Waals surface area (Å²) in [6.45, 7) is 6.60. The minimum absolute atomic E-state index is 0.0354. The van der Waals surface area contributed by atoms with Crippen molar-refractivity contribution >= 4 is 51.4 Å². The summed E-state index contributed by atoms with van der Waals surface area (Å²) in [5.41, 5.74) is 1.84. The highest BCUT2D eigenvalue weighted by Crippen LogP contribution is 2.38. The molecule has 2 aliphatic rings. The molecule has 1 amide bonds. The highest BCUT2D eigenvalue weighted by Gasteiger charge is 2.36. The van der Waals surface area contributed by atoms with Gasteiger partial charge in [-0.1, -0.05) is 43.1 Å². The van der Waals surface area contributed by atoms with Crippen molar-refractivity contribution in [1.29, 1.82) is 5.41 Å². The first-order valence-electron chi connectivity index (χ1n) is 11.0. The molecule has 10 heteroatoms. The smallest absolute Gasteiger partial charge is 0.283 e. The second kappa shape index (κ2) is 10.5. The van der Waals surface area contributed by atoms with Gasteiger partial charge in [-0.25, -0.2) is 0 Å². The summed E-state index contributed by atoms with van der Waals surface area (Å²) in [4.78, 5) is 16.8. The Labute approximate surface area is 213 Å². The van der Waals surface area contributed by atoms with Crippen LogP contribution in [0.4, 0.5) is 0 Å². The highest BCUT2D eigenvalue weighted by molar-refractivity contribution is 8.27. The van der Waals surface area contributed by atoms with Crippen molar-refractivity contribution in [2.75, 3.05) is 20.3 Å². The number of carbonyl (C=O) groups is 1. The third kappa shape index (κ3) is 5.52. The molecule has 0 aliphatic carbocycles. The SMILES string of the molecule is COc1cc(C=C2C(=N)N3N=C(C(C)C)SC3=NC2=O)cc(Cl)c1OCCOc1ccc(C)cc1. The molecule has 0 spiro atoms. The zero-order chi connectivity index (χ0) is 25.1. The summed E-state index contributed by atoms with van der Waals surface area (Å²) in [7, 11) is 1.51. The van der Waals surface area contributed by atoms with Gasteiger partial charge in [0.25, 0.3) is 5.91 Å². The molecule has 0 saturated heterocycles. The molecule has 0 radical (unpaired) electrons. The minimum Gasteiger partial charge on any atom is -0.493 e. The van der Waals surface area contributed by atoms with E-state index in [4.69, 9.17) is 31.2 Å². The van der Waals surface area contributed by atoms with Crippen molar-refractivity contribution in [2.45, 2.75) is 20.8 Å². The number of hydrogen-bond acceptors (Lipinski definition) is 7. The van der Waals surface area contributed by atoms with Gasteiger partial charge in [-0.2, -0.15) is 15.1 Å². The Hall–Kier alpha value is -3.30. The molecule has 0 atom stereocenters. The molecule has 2 heterocycles. The third-order valence-corrected chi connectivity index (χ3v) is 6.64. The van der Waals surface area contributed by atoms with Crippen LogP contribution in [0.5, 0.6) is 17.2 Å². The summed E-state index contributed by atoms with van der Waals surface area (Å²) in [5.74, 6) is 1.16. The number of fused-ring (bicyclic) bond motifs is 1. The van der Waals surface area contributed by atoms with Crippen LogP contribution in [0.3, 0.4) is 0 Å². The average Bonchev–Trinajstić information content (AvgIpc) is 3.26. The van der Waals surface area contributed by atoms with Gasteiger partial charge in [0.1, 0.15) is 24.0 Å². The Morgan fingerprint density at radius 3 is 2.57 bits per heavy atom. The van der Waals surface area contributed by atoms with Gasteiger partial charge in [-0.05, 0) is 54.6 Å². The van der Waals surface area contributed by atoms with E-state index in [0.717, 1.165) is 16.4 Å².